The molecule has 0 spiro atoms. The molecule has 0 saturated carbocycles. The molecule has 0 aliphatic carbocycles. The first-order chi connectivity index (χ1) is 13.9. The van der Waals surface area contributed by atoms with E-state index in [9.17, 15) is 9.59 Å². The van der Waals surface area contributed by atoms with Gasteiger partial charge in [0.2, 0.25) is 5.82 Å². The summed E-state index contributed by atoms with van der Waals surface area (Å²) in [5.74, 6) is -1.29. The van der Waals surface area contributed by atoms with Gasteiger partial charge < -0.3 is 10.4 Å². The van der Waals surface area contributed by atoms with Gasteiger partial charge in [0.15, 0.2) is 5.82 Å². The zero-order chi connectivity index (χ0) is 21.8. The van der Waals surface area contributed by atoms with Crippen LogP contribution in [0.15, 0.2) is 60.0 Å². The number of allylic oxidation sites excluding steroid dienone is 1. The topological polar surface area (TPSA) is 97.1 Å². The predicted octanol–water partition coefficient (Wildman–Crippen LogP) is 3.64. The van der Waals surface area contributed by atoms with Crippen LogP contribution in [0.1, 0.15) is 24.5 Å². The first kappa shape index (κ1) is 23.3. The van der Waals surface area contributed by atoms with Crippen molar-refractivity contribution >= 4 is 23.2 Å². The van der Waals surface area contributed by atoms with Crippen LogP contribution in [0.4, 0.5) is 0 Å². The lowest BCUT2D eigenvalue weighted by atomic mass is 10.3. The summed E-state index contributed by atoms with van der Waals surface area (Å²) in [6.45, 7) is 7.02. The van der Waals surface area contributed by atoms with Crippen molar-refractivity contribution in [1.82, 2.24) is 20.1 Å². The van der Waals surface area contributed by atoms with Gasteiger partial charge in [-0.3, -0.25) is 9.59 Å². The van der Waals surface area contributed by atoms with Crippen molar-refractivity contribution < 1.29 is 14.7 Å². The Morgan fingerprint density at radius 2 is 1.79 bits per heavy atom. The van der Waals surface area contributed by atoms with Gasteiger partial charge in [-0.15, -0.1) is 35.9 Å². The number of carbonyl (C=O) groups excluding carboxylic acids is 1. The van der Waals surface area contributed by atoms with Gasteiger partial charge in [0.25, 0.3) is 5.91 Å². The predicted molar refractivity (Wildman–Crippen MR) is 115 cm³/mol. The van der Waals surface area contributed by atoms with Crippen molar-refractivity contribution in [2.24, 2.45) is 0 Å². The van der Waals surface area contributed by atoms with Crippen molar-refractivity contribution in [2.45, 2.75) is 13.8 Å². The second kappa shape index (κ2) is 11.9. The van der Waals surface area contributed by atoms with Crippen LogP contribution in [-0.4, -0.2) is 38.3 Å². The van der Waals surface area contributed by atoms with E-state index in [-0.39, 0.29) is 5.82 Å². The highest BCUT2D eigenvalue weighted by Crippen LogP contribution is 2.25. The molecule has 0 atom stereocenters. The summed E-state index contributed by atoms with van der Waals surface area (Å²) in [5, 5.41) is 17.0. The lowest BCUT2D eigenvalue weighted by molar-refractivity contribution is -0.135. The largest absolute Gasteiger partial charge is 0.480 e. The number of nitrogens with one attached hydrogen (secondary N) is 1. The summed E-state index contributed by atoms with van der Waals surface area (Å²) in [5.41, 5.74) is 1.93. The normalized spacial score (nSPS) is 9.24. The van der Waals surface area contributed by atoms with Gasteiger partial charge >= 0.3 is 5.97 Å². The van der Waals surface area contributed by atoms with E-state index in [0.717, 1.165) is 10.6 Å². The van der Waals surface area contributed by atoms with Gasteiger partial charge in [-0.1, -0.05) is 29.8 Å². The number of amides is 1. The van der Waals surface area contributed by atoms with E-state index < -0.39 is 18.4 Å². The van der Waals surface area contributed by atoms with Crippen LogP contribution in [0, 0.1) is 12.8 Å². The van der Waals surface area contributed by atoms with Gasteiger partial charge in [0.05, 0.1) is 10.6 Å². The summed E-state index contributed by atoms with van der Waals surface area (Å²) in [6, 6.07) is 13.1. The number of hydrogen-bond donors (Lipinski definition) is 2. The van der Waals surface area contributed by atoms with Crippen molar-refractivity contribution in [3.63, 3.8) is 0 Å². The molecule has 0 bridgehead atoms. The van der Waals surface area contributed by atoms with E-state index in [1.54, 1.807) is 4.68 Å². The number of thiophene rings is 1. The number of aliphatic carboxylic acids is 1. The standard InChI is InChI=1S/C15H12N4O3S.C4H8.C2H2/c20-12(21)9-16-15(22)13-17-14(11-7-4-8-23-11)19(18-13)10-5-2-1-3-6-10;1-4(2)3;1-2/h1-8H,9H2,(H,16,22)(H,20,21);1H2,2-3H3;1-2H. The number of para-hydroxylation sites is 1. The van der Waals surface area contributed by atoms with E-state index in [1.807, 2.05) is 61.7 Å². The van der Waals surface area contributed by atoms with Crippen LogP contribution in [0.25, 0.3) is 16.4 Å². The molecular weight excluding hydrogens is 388 g/mol. The number of carboxylic acid groups (broad SMARTS) is 1. The number of nitrogens with zero attached hydrogens (tertiary/aromatic N) is 3. The maximum Gasteiger partial charge on any atom is 0.322 e. The molecule has 29 heavy (non-hydrogen) atoms. The van der Waals surface area contributed by atoms with E-state index in [0.29, 0.717) is 5.82 Å². The van der Waals surface area contributed by atoms with Crippen molar-refractivity contribution in [3.8, 4) is 29.2 Å². The molecule has 0 aliphatic rings. The molecule has 3 rings (SSSR count). The molecule has 2 heterocycles. The van der Waals surface area contributed by atoms with Gasteiger partial charge in [-0.2, -0.15) is 0 Å². The fourth-order valence-corrected chi connectivity index (χ4v) is 2.66. The van der Waals surface area contributed by atoms with Crippen LogP contribution in [0.3, 0.4) is 0 Å². The van der Waals surface area contributed by atoms with E-state index in [4.69, 9.17) is 5.11 Å². The van der Waals surface area contributed by atoms with Gasteiger partial charge in [0.1, 0.15) is 6.54 Å². The Balaban J connectivity index is 0.000000627. The van der Waals surface area contributed by atoms with Crippen LogP contribution in [-0.2, 0) is 4.79 Å². The Kier molecular flexibility index (Phi) is 9.57. The quantitative estimate of drug-likeness (QED) is 0.494. The van der Waals surface area contributed by atoms with Crippen LogP contribution in [0.5, 0.6) is 0 Å². The summed E-state index contributed by atoms with van der Waals surface area (Å²) >= 11 is 1.48. The minimum Gasteiger partial charge on any atom is -0.480 e. The summed E-state index contributed by atoms with van der Waals surface area (Å²) in [7, 11) is 0. The SMILES string of the molecule is C#C.C=C(C)C.O=C(O)CNC(=O)c1nc(-c2cccs2)n(-c2ccccc2)n1. The zero-order valence-corrected chi connectivity index (χ0v) is 17.0. The number of benzene rings is 1. The van der Waals surface area contributed by atoms with Crippen molar-refractivity contribution in [1.29, 1.82) is 0 Å². The van der Waals surface area contributed by atoms with Crippen molar-refractivity contribution in [2.75, 3.05) is 6.54 Å². The third-order valence-corrected chi connectivity index (χ3v) is 3.82. The molecule has 0 unspecified atom stereocenters. The third-order valence-electron chi connectivity index (χ3n) is 2.95. The number of rotatable bonds is 5. The highest BCUT2D eigenvalue weighted by Gasteiger charge is 2.19. The van der Waals surface area contributed by atoms with Crippen LogP contribution < -0.4 is 5.32 Å². The van der Waals surface area contributed by atoms with Gasteiger partial charge in [0, 0.05) is 0 Å². The van der Waals surface area contributed by atoms with E-state index in [2.05, 4.69) is 34.8 Å². The third kappa shape index (κ3) is 7.44. The molecule has 150 valence electrons. The number of aromatic nitrogens is 3. The molecule has 1 aromatic carbocycles. The molecule has 7 nitrogen and oxygen atoms in total. The highest BCUT2D eigenvalue weighted by molar-refractivity contribution is 7.13. The molecular formula is C21H22N4O3S. The first-order valence-electron chi connectivity index (χ1n) is 8.40. The minimum atomic E-state index is -1.13. The molecule has 0 radical (unpaired) electrons. The lowest BCUT2D eigenvalue weighted by Crippen LogP contribution is -2.30. The summed E-state index contributed by atoms with van der Waals surface area (Å²) < 4.78 is 1.57. The first-order valence-corrected chi connectivity index (χ1v) is 9.28. The molecule has 2 aromatic heterocycles. The van der Waals surface area contributed by atoms with E-state index >= 15 is 0 Å². The number of hydrogen-bond acceptors (Lipinski definition) is 5. The van der Waals surface area contributed by atoms with E-state index in [1.165, 1.54) is 16.9 Å². The minimum absolute atomic E-state index is 0.0708. The highest BCUT2D eigenvalue weighted by atomic mass is 32.1. The van der Waals surface area contributed by atoms with Crippen molar-refractivity contribution in [3.05, 3.63) is 65.8 Å². The number of carbonyl (C=O) groups is 2. The number of carboxylic acids is 1. The smallest absolute Gasteiger partial charge is 0.322 e. The molecule has 3 aromatic rings. The van der Waals surface area contributed by atoms with Crippen LogP contribution >= 0.6 is 11.3 Å². The molecule has 0 saturated heterocycles. The molecule has 0 aliphatic heterocycles. The summed E-state index contributed by atoms with van der Waals surface area (Å²) in [6.07, 6.45) is 8.00. The Morgan fingerprint density at radius 3 is 2.31 bits per heavy atom. The molecule has 1 amide bonds. The lowest BCUT2D eigenvalue weighted by Gasteiger charge is -2.03. The number of terminal acetylenes is 1. The average Bonchev–Trinajstić information content (AvgIpc) is 3.37. The summed E-state index contributed by atoms with van der Waals surface area (Å²) in [4.78, 5) is 27.7. The Hall–Kier alpha value is -3.70. The Morgan fingerprint density at radius 1 is 1.17 bits per heavy atom. The maximum atomic E-state index is 12.0. The van der Waals surface area contributed by atoms with Gasteiger partial charge in [-0.05, 0) is 37.4 Å². The second-order valence-corrected chi connectivity index (χ2v) is 6.71. The van der Waals surface area contributed by atoms with Gasteiger partial charge in [-0.25, -0.2) is 9.67 Å². The molecule has 8 heteroatoms. The fraction of sp³-hybridized carbons (Fsp3) is 0.143. The van der Waals surface area contributed by atoms with Crippen LogP contribution in [0.2, 0.25) is 0 Å². The fourth-order valence-electron chi connectivity index (χ4n) is 1.96. The monoisotopic (exact) mass is 410 g/mol. The second-order valence-electron chi connectivity index (χ2n) is 5.77. The Labute approximate surface area is 173 Å². The Bertz CT molecular complexity index is 956. The maximum absolute atomic E-state index is 12.0. The molecule has 0 fully saturated rings. The molecule has 2 N–H and O–H groups in total. The zero-order valence-electron chi connectivity index (χ0n) is 16.2. The average molecular weight is 410 g/mol.